The van der Waals surface area contributed by atoms with E-state index in [4.69, 9.17) is 0 Å². The van der Waals surface area contributed by atoms with Gasteiger partial charge in [-0.2, -0.15) is 5.10 Å². The minimum atomic E-state index is 0.157. The van der Waals surface area contributed by atoms with Gasteiger partial charge in [0.1, 0.15) is 5.52 Å². The van der Waals surface area contributed by atoms with E-state index in [1.54, 1.807) is 6.20 Å². The number of aromatic nitrogens is 3. The Labute approximate surface area is 119 Å². The highest BCUT2D eigenvalue weighted by Gasteiger charge is 2.27. The summed E-state index contributed by atoms with van der Waals surface area (Å²) in [4.78, 5) is 6.80. The fraction of sp³-hybridized carbons (Fsp3) is 0.600. The number of nitrogens with zero attached hydrogens (tertiary/aromatic N) is 4. The summed E-state index contributed by atoms with van der Waals surface area (Å²) < 4.78 is 1.90. The lowest BCUT2D eigenvalue weighted by atomic mass is 9.91. The molecule has 0 bridgehead atoms. The molecule has 0 atom stereocenters. The van der Waals surface area contributed by atoms with Crippen molar-refractivity contribution in [3.05, 3.63) is 24.2 Å². The number of anilines is 1. The van der Waals surface area contributed by atoms with E-state index in [2.05, 4.69) is 34.9 Å². The first-order valence-corrected chi connectivity index (χ1v) is 7.42. The summed E-state index contributed by atoms with van der Waals surface area (Å²) in [5.41, 5.74) is 2.12. The normalized spacial score (nSPS) is 15.8. The van der Waals surface area contributed by atoms with Gasteiger partial charge in [-0.25, -0.2) is 9.50 Å². The van der Waals surface area contributed by atoms with Crippen LogP contribution in [0.15, 0.2) is 18.5 Å². The van der Waals surface area contributed by atoms with Crippen LogP contribution in [0, 0.1) is 0 Å². The average Bonchev–Trinajstić information content (AvgIpc) is 2.80. The van der Waals surface area contributed by atoms with Gasteiger partial charge < -0.3 is 10.0 Å². The van der Waals surface area contributed by atoms with Crippen molar-refractivity contribution in [3.8, 4) is 0 Å². The van der Waals surface area contributed by atoms with Gasteiger partial charge in [-0.15, -0.1) is 0 Å². The Bertz CT molecular complexity index is 589. The molecule has 2 aromatic rings. The number of fused-ring (bicyclic) bond motifs is 1. The Morgan fingerprint density at radius 1 is 1.45 bits per heavy atom. The van der Waals surface area contributed by atoms with Gasteiger partial charge in [0.05, 0.1) is 12.3 Å². The minimum Gasteiger partial charge on any atom is -0.395 e. The molecule has 2 aromatic heterocycles. The summed E-state index contributed by atoms with van der Waals surface area (Å²) in [5.74, 6) is 1.35. The molecule has 0 amide bonds. The fourth-order valence-corrected chi connectivity index (χ4v) is 2.70. The molecule has 0 saturated heterocycles. The van der Waals surface area contributed by atoms with E-state index in [1.807, 2.05) is 10.7 Å². The summed E-state index contributed by atoms with van der Waals surface area (Å²) in [6, 6.07) is 2.63. The average molecular weight is 274 g/mol. The van der Waals surface area contributed by atoms with Crippen molar-refractivity contribution in [2.45, 2.75) is 45.1 Å². The van der Waals surface area contributed by atoms with Crippen LogP contribution in [0.1, 0.15) is 44.7 Å². The van der Waals surface area contributed by atoms with Crippen molar-refractivity contribution in [1.82, 2.24) is 14.6 Å². The molecular formula is C15H22N4O. The second-order valence-electron chi connectivity index (χ2n) is 5.81. The van der Waals surface area contributed by atoms with Gasteiger partial charge in [0.25, 0.3) is 0 Å². The van der Waals surface area contributed by atoms with Gasteiger partial charge in [-0.3, -0.25) is 0 Å². The zero-order valence-electron chi connectivity index (χ0n) is 12.2. The van der Waals surface area contributed by atoms with Crippen LogP contribution in [-0.2, 0) is 0 Å². The van der Waals surface area contributed by atoms with Crippen LogP contribution in [0.25, 0.3) is 5.52 Å². The molecule has 1 fully saturated rings. The van der Waals surface area contributed by atoms with Gasteiger partial charge >= 0.3 is 0 Å². The maximum Gasteiger partial charge on any atom is 0.155 e. The van der Waals surface area contributed by atoms with E-state index in [0.29, 0.717) is 18.5 Å². The molecule has 2 heterocycles. The number of hydrogen-bond donors (Lipinski definition) is 1. The fourth-order valence-electron chi connectivity index (χ4n) is 2.70. The van der Waals surface area contributed by atoms with Crippen LogP contribution in [0.3, 0.4) is 0 Å². The number of aliphatic hydroxyl groups excluding tert-OH is 1. The molecule has 5 nitrogen and oxygen atoms in total. The van der Waals surface area contributed by atoms with Crippen LogP contribution in [-0.4, -0.2) is 38.9 Å². The SMILES string of the molecule is CC(C)c1cc2c(N(CCO)C3CCC3)nccn2n1. The van der Waals surface area contributed by atoms with E-state index in [-0.39, 0.29) is 6.61 Å². The lowest BCUT2D eigenvalue weighted by Crippen LogP contribution is -2.42. The Hall–Kier alpha value is -1.62. The maximum atomic E-state index is 9.34. The van der Waals surface area contributed by atoms with Gasteiger partial charge in [-0.05, 0) is 31.2 Å². The third kappa shape index (κ3) is 2.26. The molecule has 1 N–H and O–H groups in total. The lowest BCUT2D eigenvalue weighted by molar-refractivity contribution is 0.283. The summed E-state index contributed by atoms with van der Waals surface area (Å²) in [6.45, 7) is 5.09. The molecular weight excluding hydrogens is 252 g/mol. The smallest absolute Gasteiger partial charge is 0.155 e. The first-order valence-electron chi connectivity index (χ1n) is 7.42. The summed E-state index contributed by atoms with van der Waals surface area (Å²) >= 11 is 0. The first-order chi connectivity index (χ1) is 9.70. The van der Waals surface area contributed by atoms with Crippen molar-refractivity contribution in [1.29, 1.82) is 0 Å². The Balaban J connectivity index is 2.04. The first kappa shape index (κ1) is 13.4. The Kier molecular flexibility index (Phi) is 3.61. The third-order valence-electron chi connectivity index (χ3n) is 4.11. The topological polar surface area (TPSA) is 53.7 Å². The second-order valence-corrected chi connectivity index (χ2v) is 5.81. The third-order valence-corrected chi connectivity index (χ3v) is 4.11. The monoisotopic (exact) mass is 274 g/mol. The van der Waals surface area contributed by atoms with Gasteiger partial charge in [0.15, 0.2) is 5.82 Å². The number of aliphatic hydroxyl groups is 1. The largest absolute Gasteiger partial charge is 0.395 e. The molecule has 0 spiro atoms. The van der Waals surface area contributed by atoms with Crippen molar-refractivity contribution >= 4 is 11.3 Å². The van der Waals surface area contributed by atoms with Crippen LogP contribution < -0.4 is 4.90 Å². The molecule has 1 saturated carbocycles. The van der Waals surface area contributed by atoms with E-state index in [0.717, 1.165) is 17.0 Å². The molecule has 1 aliphatic rings. The molecule has 108 valence electrons. The molecule has 0 radical (unpaired) electrons. The molecule has 5 heteroatoms. The van der Waals surface area contributed by atoms with E-state index >= 15 is 0 Å². The van der Waals surface area contributed by atoms with Crippen LogP contribution >= 0.6 is 0 Å². The van der Waals surface area contributed by atoms with Crippen LogP contribution in [0.5, 0.6) is 0 Å². The summed E-state index contributed by atoms with van der Waals surface area (Å²) in [7, 11) is 0. The molecule has 1 aliphatic carbocycles. The molecule has 20 heavy (non-hydrogen) atoms. The van der Waals surface area contributed by atoms with Crippen LogP contribution in [0.4, 0.5) is 5.82 Å². The second kappa shape index (κ2) is 5.40. The molecule has 3 rings (SSSR count). The zero-order chi connectivity index (χ0) is 14.1. The predicted molar refractivity (Wildman–Crippen MR) is 79.1 cm³/mol. The highest BCUT2D eigenvalue weighted by molar-refractivity contribution is 5.69. The lowest BCUT2D eigenvalue weighted by Gasteiger charge is -2.38. The van der Waals surface area contributed by atoms with E-state index < -0.39 is 0 Å². The number of rotatable bonds is 5. The molecule has 0 aliphatic heterocycles. The summed E-state index contributed by atoms with van der Waals surface area (Å²) in [6.07, 6.45) is 7.33. The standard InChI is InChI=1S/C15H22N4O/c1-11(2)13-10-14-15(16-6-7-19(14)17-13)18(8-9-20)12-4-3-5-12/h6-7,10-12,20H,3-5,8-9H2,1-2H3. The highest BCUT2D eigenvalue weighted by atomic mass is 16.3. The highest BCUT2D eigenvalue weighted by Crippen LogP contribution is 2.31. The van der Waals surface area contributed by atoms with Gasteiger partial charge in [0.2, 0.25) is 0 Å². The maximum absolute atomic E-state index is 9.34. The van der Waals surface area contributed by atoms with Crippen molar-refractivity contribution in [2.24, 2.45) is 0 Å². The van der Waals surface area contributed by atoms with Crippen molar-refractivity contribution in [2.75, 3.05) is 18.1 Å². The van der Waals surface area contributed by atoms with Crippen LogP contribution in [0.2, 0.25) is 0 Å². The van der Waals surface area contributed by atoms with E-state index in [1.165, 1.54) is 19.3 Å². The zero-order valence-corrected chi connectivity index (χ0v) is 12.2. The Morgan fingerprint density at radius 3 is 2.85 bits per heavy atom. The van der Waals surface area contributed by atoms with Gasteiger partial charge in [0, 0.05) is 25.0 Å². The van der Waals surface area contributed by atoms with Crippen molar-refractivity contribution in [3.63, 3.8) is 0 Å². The van der Waals surface area contributed by atoms with E-state index in [9.17, 15) is 5.11 Å². The minimum absolute atomic E-state index is 0.157. The van der Waals surface area contributed by atoms with Crippen molar-refractivity contribution < 1.29 is 5.11 Å². The predicted octanol–water partition coefficient (Wildman–Crippen LogP) is 2.20. The molecule has 0 aromatic carbocycles. The quantitative estimate of drug-likeness (QED) is 0.908. The summed E-state index contributed by atoms with van der Waals surface area (Å²) in [5, 5.41) is 13.9. The molecule has 0 unspecified atom stereocenters. The Morgan fingerprint density at radius 2 is 2.25 bits per heavy atom. The number of hydrogen-bond acceptors (Lipinski definition) is 4. The van der Waals surface area contributed by atoms with Gasteiger partial charge in [-0.1, -0.05) is 13.8 Å².